The van der Waals surface area contributed by atoms with Crippen molar-refractivity contribution in [1.29, 1.82) is 5.26 Å². The number of anilines is 1. The molecular weight excluding hydrogens is 307 g/mol. The van der Waals surface area contributed by atoms with Gasteiger partial charge in [-0.05, 0) is 38.3 Å². The van der Waals surface area contributed by atoms with Gasteiger partial charge in [0.1, 0.15) is 5.52 Å². The Morgan fingerprint density at radius 1 is 1.29 bits per heavy atom. The van der Waals surface area contributed by atoms with Crippen LogP contribution in [-0.4, -0.2) is 15.5 Å². The fourth-order valence-electron chi connectivity index (χ4n) is 2.61. The number of halogens is 1. The average Bonchev–Trinajstić information content (AvgIpc) is 2.74. The molecule has 0 saturated heterocycles. The van der Waals surface area contributed by atoms with Gasteiger partial charge in [-0.25, -0.2) is 9.37 Å². The zero-order valence-corrected chi connectivity index (χ0v) is 15.0. The third kappa shape index (κ3) is 3.73. The quantitative estimate of drug-likeness (QED) is 0.898. The molecule has 24 heavy (non-hydrogen) atoms. The molecule has 0 saturated carbocycles. The zero-order valence-electron chi connectivity index (χ0n) is 15.0. The van der Waals surface area contributed by atoms with Gasteiger partial charge in [0.05, 0.1) is 17.1 Å². The van der Waals surface area contributed by atoms with E-state index in [1.807, 2.05) is 47.6 Å². The Kier molecular flexibility index (Phi) is 4.40. The number of nitrogens with one attached hydrogen (secondary N) is 1. The molecule has 5 nitrogen and oxygen atoms in total. The summed E-state index contributed by atoms with van der Waals surface area (Å²) < 4.78 is 16.0. The van der Waals surface area contributed by atoms with Crippen LogP contribution in [0.15, 0.2) is 12.1 Å². The van der Waals surface area contributed by atoms with Crippen molar-refractivity contribution in [3.63, 3.8) is 0 Å². The van der Waals surface area contributed by atoms with Crippen LogP contribution >= 0.6 is 0 Å². The van der Waals surface area contributed by atoms with E-state index in [9.17, 15) is 9.18 Å². The van der Waals surface area contributed by atoms with Gasteiger partial charge in [0.2, 0.25) is 11.9 Å². The lowest BCUT2D eigenvalue weighted by molar-refractivity contribution is -0.117. The first-order chi connectivity index (χ1) is 10.9. The smallest absolute Gasteiger partial charge is 0.227 e. The van der Waals surface area contributed by atoms with Crippen LogP contribution in [0.2, 0.25) is 0 Å². The van der Waals surface area contributed by atoms with E-state index in [0.717, 1.165) is 6.07 Å². The molecule has 0 fully saturated rings. The summed E-state index contributed by atoms with van der Waals surface area (Å²) in [4.78, 5) is 16.6. The summed E-state index contributed by atoms with van der Waals surface area (Å²) >= 11 is 0. The van der Waals surface area contributed by atoms with Crippen LogP contribution in [0.1, 0.15) is 53.5 Å². The van der Waals surface area contributed by atoms with Crippen LogP contribution in [0.4, 0.5) is 10.3 Å². The number of hydrogen-bond donors (Lipinski definition) is 1. The van der Waals surface area contributed by atoms with Crippen molar-refractivity contribution in [3.05, 3.63) is 23.5 Å². The maximum Gasteiger partial charge on any atom is 0.227 e. The first-order valence-electron chi connectivity index (χ1n) is 7.85. The summed E-state index contributed by atoms with van der Waals surface area (Å²) in [5.41, 5.74) is 0.250. The molecule has 128 valence electrons. The molecule has 0 aliphatic heterocycles. The molecule has 6 heteroatoms. The first-order valence-corrected chi connectivity index (χ1v) is 7.85. The maximum absolute atomic E-state index is 14.3. The Morgan fingerprint density at radius 2 is 1.92 bits per heavy atom. The molecule has 0 unspecified atom stereocenters. The fourth-order valence-corrected chi connectivity index (χ4v) is 2.61. The van der Waals surface area contributed by atoms with Gasteiger partial charge >= 0.3 is 0 Å². The summed E-state index contributed by atoms with van der Waals surface area (Å²) in [6, 6.07) is 4.70. The standard InChI is InChI=1S/C18H23FN4O/c1-17(2,3)9-14(24)21-16-22-15-12(19)7-11(10-20)8-13(15)23(16)18(4,5)6/h7-8H,9H2,1-6H3,(H,21,22,24). The number of nitriles is 1. The molecule has 2 aromatic rings. The van der Waals surface area contributed by atoms with E-state index in [1.165, 1.54) is 0 Å². The van der Waals surface area contributed by atoms with Crippen molar-refractivity contribution >= 4 is 22.9 Å². The van der Waals surface area contributed by atoms with Crippen LogP contribution in [0, 0.1) is 22.6 Å². The third-order valence-corrected chi connectivity index (χ3v) is 3.46. The predicted molar refractivity (Wildman–Crippen MR) is 92.1 cm³/mol. The van der Waals surface area contributed by atoms with Crippen molar-refractivity contribution in [2.75, 3.05) is 5.32 Å². The van der Waals surface area contributed by atoms with Crippen molar-refractivity contribution in [2.24, 2.45) is 5.41 Å². The van der Waals surface area contributed by atoms with Crippen molar-refractivity contribution < 1.29 is 9.18 Å². The molecule has 0 bridgehead atoms. The SMILES string of the molecule is CC(C)(C)CC(=O)Nc1nc2c(F)cc(C#N)cc2n1C(C)(C)C. The van der Waals surface area contributed by atoms with E-state index < -0.39 is 11.4 Å². The van der Waals surface area contributed by atoms with Gasteiger partial charge in [0.15, 0.2) is 5.82 Å². The predicted octanol–water partition coefficient (Wildman–Crippen LogP) is 4.18. The largest absolute Gasteiger partial charge is 0.304 e. The Labute approximate surface area is 141 Å². The lowest BCUT2D eigenvalue weighted by Gasteiger charge is -2.25. The molecule has 0 aliphatic rings. The van der Waals surface area contributed by atoms with Crippen molar-refractivity contribution in [1.82, 2.24) is 9.55 Å². The van der Waals surface area contributed by atoms with Crippen LogP contribution in [0.5, 0.6) is 0 Å². The van der Waals surface area contributed by atoms with Crippen LogP contribution in [0.3, 0.4) is 0 Å². The number of carbonyl (C=O) groups excluding carboxylic acids is 1. The number of hydrogen-bond acceptors (Lipinski definition) is 3. The summed E-state index contributed by atoms with van der Waals surface area (Å²) in [5.74, 6) is -0.455. The summed E-state index contributed by atoms with van der Waals surface area (Å²) in [5, 5.41) is 11.9. The lowest BCUT2D eigenvalue weighted by atomic mass is 9.92. The maximum atomic E-state index is 14.3. The topological polar surface area (TPSA) is 70.7 Å². The molecule has 1 N–H and O–H groups in total. The zero-order chi connectivity index (χ0) is 18.3. The Morgan fingerprint density at radius 3 is 2.42 bits per heavy atom. The number of benzene rings is 1. The van der Waals surface area contributed by atoms with E-state index in [2.05, 4.69) is 10.3 Å². The van der Waals surface area contributed by atoms with Gasteiger partial charge in [-0.2, -0.15) is 5.26 Å². The second kappa shape index (κ2) is 5.90. The molecule has 0 aliphatic carbocycles. The highest BCUT2D eigenvalue weighted by atomic mass is 19.1. The van der Waals surface area contributed by atoms with Gasteiger partial charge < -0.3 is 4.57 Å². The Hall–Kier alpha value is -2.42. The number of fused-ring (bicyclic) bond motifs is 1. The fraction of sp³-hybridized carbons (Fsp3) is 0.500. The Bertz CT molecular complexity index is 832. The number of amides is 1. The highest BCUT2D eigenvalue weighted by Gasteiger charge is 2.26. The molecule has 1 aromatic carbocycles. The highest BCUT2D eigenvalue weighted by molar-refractivity contribution is 5.92. The summed E-state index contributed by atoms with van der Waals surface area (Å²) in [6.45, 7) is 11.7. The van der Waals surface area contributed by atoms with Gasteiger partial charge in [-0.3, -0.25) is 10.1 Å². The molecule has 0 spiro atoms. The van der Waals surface area contributed by atoms with E-state index in [1.54, 1.807) is 10.6 Å². The monoisotopic (exact) mass is 330 g/mol. The van der Waals surface area contributed by atoms with Crippen LogP contribution in [0.25, 0.3) is 11.0 Å². The van der Waals surface area contributed by atoms with Gasteiger partial charge in [0, 0.05) is 12.0 Å². The molecule has 1 heterocycles. The summed E-state index contributed by atoms with van der Waals surface area (Å²) in [7, 11) is 0. The van der Waals surface area contributed by atoms with Crippen molar-refractivity contribution in [3.8, 4) is 6.07 Å². The van der Waals surface area contributed by atoms with Gasteiger partial charge in [-0.1, -0.05) is 20.8 Å². The Balaban J connectivity index is 2.60. The minimum Gasteiger partial charge on any atom is -0.304 e. The molecule has 1 aromatic heterocycles. The number of imidazole rings is 1. The second-order valence-corrected chi connectivity index (χ2v) is 8.16. The normalized spacial score (nSPS) is 12.2. The van der Waals surface area contributed by atoms with Crippen molar-refractivity contribution in [2.45, 2.75) is 53.5 Å². The summed E-state index contributed by atoms with van der Waals surface area (Å²) in [6.07, 6.45) is 0.326. The van der Waals surface area contributed by atoms with E-state index in [0.29, 0.717) is 17.9 Å². The minimum absolute atomic E-state index is 0.148. The van der Waals surface area contributed by atoms with E-state index >= 15 is 0 Å². The molecule has 2 rings (SSSR count). The molecule has 0 radical (unpaired) electrons. The highest BCUT2D eigenvalue weighted by Crippen LogP contribution is 2.31. The van der Waals surface area contributed by atoms with Gasteiger partial charge in [-0.15, -0.1) is 0 Å². The number of rotatable bonds is 2. The molecule has 0 atom stereocenters. The molecule has 1 amide bonds. The third-order valence-electron chi connectivity index (χ3n) is 3.46. The second-order valence-electron chi connectivity index (χ2n) is 8.16. The number of carbonyl (C=O) groups is 1. The van der Waals surface area contributed by atoms with E-state index in [4.69, 9.17) is 5.26 Å². The minimum atomic E-state index is -0.571. The lowest BCUT2D eigenvalue weighted by Crippen LogP contribution is -2.27. The first kappa shape index (κ1) is 17.9. The van der Waals surface area contributed by atoms with Crippen LogP contribution in [-0.2, 0) is 10.3 Å². The number of aromatic nitrogens is 2. The van der Waals surface area contributed by atoms with Crippen LogP contribution < -0.4 is 5.32 Å². The molecular formula is C18H23FN4O. The van der Waals surface area contributed by atoms with Gasteiger partial charge in [0.25, 0.3) is 0 Å². The van der Waals surface area contributed by atoms with E-state index in [-0.39, 0.29) is 22.4 Å². The average molecular weight is 330 g/mol. The number of nitrogens with zero attached hydrogens (tertiary/aromatic N) is 3.